The quantitative estimate of drug-likeness (QED) is 0.879. The number of rotatable bonds is 4. The number of anilines is 1. The van der Waals surface area contributed by atoms with E-state index >= 15 is 0 Å². The van der Waals surface area contributed by atoms with Crippen LogP contribution in [-0.2, 0) is 4.79 Å². The molecule has 0 aliphatic carbocycles. The summed E-state index contributed by atoms with van der Waals surface area (Å²) in [6.07, 6.45) is 0.134. The largest absolute Gasteiger partial charge is 0.491 e. The molecule has 0 aliphatic heterocycles. The van der Waals surface area contributed by atoms with Crippen LogP contribution < -0.4 is 15.8 Å². The zero-order chi connectivity index (χ0) is 14.6. The molecule has 1 atom stereocenters. The predicted octanol–water partition coefficient (Wildman–Crippen LogP) is 2.79. The van der Waals surface area contributed by atoms with Gasteiger partial charge >= 0.3 is 0 Å². The van der Waals surface area contributed by atoms with Crippen molar-refractivity contribution in [3.05, 3.63) is 24.3 Å². The second-order valence-electron chi connectivity index (χ2n) is 6.02. The van der Waals surface area contributed by atoms with Crippen molar-refractivity contribution in [3.63, 3.8) is 0 Å². The third-order valence-electron chi connectivity index (χ3n) is 2.71. The lowest BCUT2D eigenvalue weighted by Gasteiger charge is -2.25. The molecular formula is C15H24N2O2. The number of carbonyl (C=O) groups excluding carboxylic acids is 1. The molecule has 4 nitrogen and oxygen atoms in total. The summed E-state index contributed by atoms with van der Waals surface area (Å²) >= 11 is 0. The highest BCUT2D eigenvalue weighted by Crippen LogP contribution is 2.20. The van der Waals surface area contributed by atoms with Crippen LogP contribution in [0.4, 0.5) is 5.69 Å². The zero-order valence-corrected chi connectivity index (χ0v) is 12.4. The molecule has 0 bridgehead atoms. The van der Waals surface area contributed by atoms with Gasteiger partial charge in [-0.25, -0.2) is 0 Å². The SMILES string of the molecule is CC(C)Oc1ccc(NC(=O)[C@H](N)C(C)(C)C)cc1. The molecule has 0 radical (unpaired) electrons. The molecule has 1 aromatic carbocycles. The van der Waals surface area contributed by atoms with E-state index in [1.807, 2.05) is 58.9 Å². The van der Waals surface area contributed by atoms with Crippen molar-refractivity contribution >= 4 is 11.6 Å². The van der Waals surface area contributed by atoms with E-state index in [0.29, 0.717) is 0 Å². The molecule has 19 heavy (non-hydrogen) atoms. The molecule has 106 valence electrons. The Labute approximate surface area is 115 Å². The molecule has 1 amide bonds. The molecule has 0 heterocycles. The van der Waals surface area contributed by atoms with Gasteiger partial charge in [-0.3, -0.25) is 4.79 Å². The minimum atomic E-state index is -0.543. The topological polar surface area (TPSA) is 64.3 Å². The van der Waals surface area contributed by atoms with Gasteiger partial charge in [-0.05, 0) is 43.5 Å². The molecule has 0 saturated heterocycles. The lowest BCUT2D eigenvalue weighted by Crippen LogP contribution is -2.45. The number of benzene rings is 1. The summed E-state index contributed by atoms with van der Waals surface area (Å²) in [5, 5.41) is 2.81. The van der Waals surface area contributed by atoms with Crippen LogP contribution in [0.15, 0.2) is 24.3 Å². The van der Waals surface area contributed by atoms with E-state index in [1.165, 1.54) is 0 Å². The fourth-order valence-corrected chi connectivity index (χ4v) is 1.50. The highest BCUT2D eigenvalue weighted by molar-refractivity contribution is 5.95. The van der Waals surface area contributed by atoms with Crippen LogP contribution in [-0.4, -0.2) is 18.1 Å². The monoisotopic (exact) mass is 264 g/mol. The van der Waals surface area contributed by atoms with Crippen molar-refractivity contribution in [1.82, 2.24) is 0 Å². The first-order valence-corrected chi connectivity index (χ1v) is 6.53. The molecule has 0 aliphatic rings. The van der Waals surface area contributed by atoms with Gasteiger partial charge in [-0.1, -0.05) is 20.8 Å². The van der Waals surface area contributed by atoms with Crippen LogP contribution in [0.3, 0.4) is 0 Å². The number of carbonyl (C=O) groups is 1. The Hall–Kier alpha value is -1.55. The fraction of sp³-hybridized carbons (Fsp3) is 0.533. The zero-order valence-electron chi connectivity index (χ0n) is 12.4. The molecule has 1 aromatic rings. The maximum absolute atomic E-state index is 12.0. The molecule has 0 unspecified atom stereocenters. The normalized spacial score (nSPS) is 13.2. The van der Waals surface area contributed by atoms with E-state index in [4.69, 9.17) is 10.5 Å². The van der Waals surface area contributed by atoms with Crippen molar-refractivity contribution in [3.8, 4) is 5.75 Å². The third kappa shape index (κ3) is 4.91. The van der Waals surface area contributed by atoms with Gasteiger partial charge in [0.2, 0.25) is 5.91 Å². The molecular weight excluding hydrogens is 240 g/mol. The van der Waals surface area contributed by atoms with Gasteiger partial charge in [-0.2, -0.15) is 0 Å². The maximum Gasteiger partial charge on any atom is 0.241 e. The van der Waals surface area contributed by atoms with Crippen LogP contribution >= 0.6 is 0 Å². The summed E-state index contributed by atoms with van der Waals surface area (Å²) in [5.41, 5.74) is 6.36. The van der Waals surface area contributed by atoms with Crippen molar-refractivity contribution in [2.75, 3.05) is 5.32 Å². The Kier molecular flexibility index (Phi) is 4.95. The number of ether oxygens (including phenoxy) is 1. The number of amides is 1. The number of hydrogen-bond donors (Lipinski definition) is 2. The smallest absolute Gasteiger partial charge is 0.241 e. The summed E-state index contributed by atoms with van der Waals surface area (Å²) in [4.78, 5) is 12.0. The summed E-state index contributed by atoms with van der Waals surface area (Å²) in [6, 6.07) is 6.74. The second kappa shape index (κ2) is 6.06. The summed E-state index contributed by atoms with van der Waals surface area (Å²) in [7, 11) is 0. The number of nitrogens with one attached hydrogen (secondary N) is 1. The standard InChI is InChI=1S/C15H24N2O2/c1-10(2)19-12-8-6-11(7-9-12)17-14(18)13(16)15(3,4)5/h6-10,13H,16H2,1-5H3,(H,17,18)/t13-/m0/s1. The van der Waals surface area contributed by atoms with Crippen molar-refractivity contribution < 1.29 is 9.53 Å². The van der Waals surface area contributed by atoms with Gasteiger partial charge in [0.05, 0.1) is 12.1 Å². The Morgan fingerprint density at radius 2 is 1.74 bits per heavy atom. The molecule has 4 heteroatoms. The van der Waals surface area contributed by atoms with Gasteiger partial charge in [0, 0.05) is 5.69 Å². The van der Waals surface area contributed by atoms with Gasteiger partial charge < -0.3 is 15.8 Å². The summed E-state index contributed by atoms with van der Waals surface area (Å²) < 4.78 is 5.54. The highest BCUT2D eigenvalue weighted by atomic mass is 16.5. The van der Waals surface area contributed by atoms with Crippen molar-refractivity contribution in [2.45, 2.75) is 46.8 Å². The van der Waals surface area contributed by atoms with Crippen molar-refractivity contribution in [1.29, 1.82) is 0 Å². The predicted molar refractivity (Wildman–Crippen MR) is 78.3 cm³/mol. The summed E-state index contributed by atoms with van der Waals surface area (Å²) in [5.74, 6) is 0.609. The Balaban J connectivity index is 2.65. The van der Waals surface area contributed by atoms with E-state index in [9.17, 15) is 4.79 Å². The van der Waals surface area contributed by atoms with E-state index in [-0.39, 0.29) is 17.4 Å². The first kappa shape index (κ1) is 15.5. The van der Waals surface area contributed by atoms with Crippen LogP contribution in [0.25, 0.3) is 0 Å². The average Bonchev–Trinajstić information content (AvgIpc) is 2.28. The fourth-order valence-electron chi connectivity index (χ4n) is 1.50. The third-order valence-corrected chi connectivity index (χ3v) is 2.71. The maximum atomic E-state index is 12.0. The van der Waals surface area contributed by atoms with Crippen LogP contribution in [0, 0.1) is 5.41 Å². The van der Waals surface area contributed by atoms with Crippen LogP contribution in [0.1, 0.15) is 34.6 Å². The molecule has 1 rings (SSSR count). The van der Waals surface area contributed by atoms with E-state index in [2.05, 4.69) is 5.32 Å². The first-order chi connectivity index (χ1) is 8.70. The van der Waals surface area contributed by atoms with Gasteiger partial charge in [0.25, 0.3) is 0 Å². The van der Waals surface area contributed by atoms with E-state index in [0.717, 1.165) is 11.4 Å². The van der Waals surface area contributed by atoms with Crippen LogP contribution in [0.5, 0.6) is 5.75 Å². The Morgan fingerprint density at radius 1 is 1.21 bits per heavy atom. The Bertz CT molecular complexity index is 419. The van der Waals surface area contributed by atoms with Gasteiger partial charge in [0.1, 0.15) is 5.75 Å². The second-order valence-corrected chi connectivity index (χ2v) is 6.02. The minimum absolute atomic E-state index is 0.134. The van der Waals surface area contributed by atoms with Gasteiger partial charge in [-0.15, -0.1) is 0 Å². The van der Waals surface area contributed by atoms with Crippen molar-refractivity contribution in [2.24, 2.45) is 11.1 Å². The number of nitrogens with two attached hydrogens (primary N) is 1. The Morgan fingerprint density at radius 3 is 2.16 bits per heavy atom. The first-order valence-electron chi connectivity index (χ1n) is 6.53. The van der Waals surface area contributed by atoms with E-state index in [1.54, 1.807) is 0 Å². The number of hydrogen-bond acceptors (Lipinski definition) is 3. The minimum Gasteiger partial charge on any atom is -0.491 e. The lowest BCUT2D eigenvalue weighted by molar-refractivity contribution is -0.119. The summed E-state index contributed by atoms with van der Waals surface area (Å²) in [6.45, 7) is 9.76. The molecule has 3 N–H and O–H groups in total. The highest BCUT2D eigenvalue weighted by Gasteiger charge is 2.27. The lowest BCUT2D eigenvalue weighted by atomic mass is 9.87. The van der Waals surface area contributed by atoms with Crippen LogP contribution in [0.2, 0.25) is 0 Å². The average molecular weight is 264 g/mol. The molecule has 0 spiro atoms. The molecule has 0 saturated carbocycles. The molecule has 0 fully saturated rings. The van der Waals surface area contributed by atoms with E-state index < -0.39 is 6.04 Å². The van der Waals surface area contributed by atoms with Gasteiger partial charge in [0.15, 0.2) is 0 Å². The molecule has 0 aromatic heterocycles.